The van der Waals surface area contributed by atoms with Gasteiger partial charge in [-0.3, -0.25) is 0 Å². The molecule has 0 aliphatic heterocycles. The second-order valence-electron chi connectivity index (χ2n) is 3.90. The third kappa shape index (κ3) is 4.03. The number of anilines is 1. The van der Waals surface area contributed by atoms with Gasteiger partial charge in [-0.1, -0.05) is 13.0 Å². The summed E-state index contributed by atoms with van der Waals surface area (Å²) in [7, 11) is 1.51. The lowest BCUT2D eigenvalue weighted by Crippen LogP contribution is -2.37. The minimum absolute atomic E-state index is 0.222. The molecular weight excluding hydrogens is 225 g/mol. The average Bonchev–Trinajstić information content (AvgIpc) is 2.26. The Hall–Kier alpha value is -1.62. The van der Waals surface area contributed by atoms with E-state index in [2.05, 4.69) is 5.32 Å². The molecule has 2 unspecified atom stereocenters. The van der Waals surface area contributed by atoms with Crippen LogP contribution in [0.15, 0.2) is 24.3 Å². The standard InChI is InChI=1S/C12H16FNO3/c1-8(7-17-2)11(12(15)16)14-10-5-3-4-9(13)6-10/h3-6,8,11,14H,7H2,1-2H3,(H,15,16). The Bertz CT molecular complexity index is 384. The first-order valence-corrected chi connectivity index (χ1v) is 5.28. The summed E-state index contributed by atoms with van der Waals surface area (Å²) in [5.74, 6) is -1.61. The van der Waals surface area contributed by atoms with Gasteiger partial charge in [0.2, 0.25) is 0 Å². The highest BCUT2D eigenvalue weighted by Crippen LogP contribution is 2.14. The van der Waals surface area contributed by atoms with E-state index in [-0.39, 0.29) is 5.92 Å². The second kappa shape index (κ2) is 6.20. The van der Waals surface area contributed by atoms with Crippen LogP contribution in [0.4, 0.5) is 10.1 Å². The minimum Gasteiger partial charge on any atom is -0.480 e. The highest BCUT2D eigenvalue weighted by molar-refractivity contribution is 5.77. The van der Waals surface area contributed by atoms with Crippen molar-refractivity contribution in [3.63, 3.8) is 0 Å². The van der Waals surface area contributed by atoms with Crippen molar-refractivity contribution >= 4 is 11.7 Å². The molecule has 17 heavy (non-hydrogen) atoms. The topological polar surface area (TPSA) is 58.6 Å². The number of aliphatic carboxylic acids is 1. The second-order valence-corrected chi connectivity index (χ2v) is 3.90. The Morgan fingerprint density at radius 2 is 2.29 bits per heavy atom. The highest BCUT2D eigenvalue weighted by Gasteiger charge is 2.24. The number of benzene rings is 1. The molecule has 4 nitrogen and oxygen atoms in total. The third-order valence-corrected chi connectivity index (χ3v) is 2.41. The molecule has 1 aromatic carbocycles. The molecule has 0 heterocycles. The molecule has 0 saturated heterocycles. The predicted molar refractivity (Wildman–Crippen MR) is 62.5 cm³/mol. The van der Waals surface area contributed by atoms with Crippen LogP contribution in [0.1, 0.15) is 6.92 Å². The van der Waals surface area contributed by atoms with E-state index in [4.69, 9.17) is 9.84 Å². The van der Waals surface area contributed by atoms with Gasteiger partial charge < -0.3 is 15.2 Å². The van der Waals surface area contributed by atoms with Crippen LogP contribution in [0.25, 0.3) is 0 Å². The fraction of sp³-hybridized carbons (Fsp3) is 0.417. The van der Waals surface area contributed by atoms with Gasteiger partial charge in [-0.15, -0.1) is 0 Å². The van der Waals surface area contributed by atoms with Crippen molar-refractivity contribution in [2.24, 2.45) is 5.92 Å². The zero-order chi connectivity index (χ0) is 12.8. The summed E-state index contributed by atoms with van der Waals surface area (Å²) in [5.41, 5.74) is 0.445. The Morgan fingerprint density at radius 3 is 2.82 bits per heavy atom. The van der Waals surface area contributed by atoms with Crippen molar-refractivity contribution in [3.8, 4) is 0 Å². The van der Waals surface area contributed by atoms with Gasteiger partial charge in [0.25, 0.3) is 0 Å². The molecule has 0 spiro atoms. The molecule has 0 bridgehead atoms. The first-order valence-electron chi connectivity index (χ1n) is 5.28. The van der Waals surface area contributed by atoms with Crippen molar-refractivity contribution in [2.45, 2.75) is 13.0 Å². The maximum Gasteiger partial charge on any atom is 0.326 e. The van der Waals surface area contributed by atoms with Gasteiger partial charge >= 0.3 is 5.97 Å². The van der Waals surface area contributed by atoms with Crippen LogP contribution in [0.3, 0.4) is 0 Å². The van der Waals surface area contributed by atoms with Gasteiger partial charge in [0.15, 0.2) is 0 Å². The molecule has 5 heteroatoms. The van der Waals surface area contributed by atoms with Crippen LogP contribution in [0.5, 0.6) is 0 Å². The average molecular weight is 241 g/mol. The van der Waals surface area contributed by atoms with Crippen molar-refractivity contribution in [1.29, 1.82) is 0 Å². The zero-order valence-electron chi connectivity index (χ0n) is 9.81. The number of nitrogens with one attached hydrogen (secondary N) is 1. The van der Waals surface area contributed by atoms with Crippen molar-refractivity contribution < 1.29 is 19.0 Å². The fourth-order valence-corrected chi connectivity index (χ4v) is 1.56. The molecule has 0 fully saturated rings. The van der Waals surface area contributed by atoms with Crippen LogP contribution >= 0.6 is 0 Å². The first kappa shape index (κ1) is 13.4. The van der Waals surface area contributed by atoms with Crippen molar-refractivity contribution in [1.82, 2.24) is 0 Å². The van der Waals surface area contributed by atoms with Crippen LogP contribution in [0.2, 0.25) is 0 Å². The SMILES string of the molecule is COCC(C)C(Nc1cccc(F)c1)C(=O)O. The Balaban J connectivity index is 2.76. The molecule has 2 N–H and O–H groups in total. The summed E-state index contributed by atoms with van der Waals surface area (Å²) in [5, 5.41) is 11.9. The van der Waals surface area contributed by atoms with Crippen LogP contribution in [-0.2, 0) is 9.53 Å². The van der Waals surface area contributed by atoms with Gasteiger partial charge in [-0.2, -0.15) is 0 Å². The van der Waals surface area contributed by atoms with Crippen LogP contribution in [-0.4, -0.2) is 30.8 Å². The number of ether oxygens (including phenoxy) is 1. The Labute approximate surface area is 99.4 Å². The molecule has 1 rings (SSSR count). The normalized spacial score (nSPS) is 14.1. The van der Waals surface area contributed by atoms with Gasteiger partial charge in [0.1, 0.15) is 11.9 Å². The van der Waals surface area contributed by atoms with E-state index in [1.165, 1.54) is 25.3 Å². The molecule has 2 atom stereocenters. The van der Waals surface area contributed by atoms with Crippen molar-refractivity contribution in [3.05, 3.63) is 30.1 Å². The van der Waals surface area contributed by atoms with E-state index < -0.39 is 17.8 Å². The summed E-state index contributed by atoms with van der Waals surface area (Å²) < 4.78 is 17.9. The minimum atomic E-state index is -0.987. The largest absolute Gasteiger partial charge is 0.480 e. The number of carboxylic acids is 1. The molecular formula is C12H16FNO3. The highest BCUT2D eigenvalue weighted by atomic mass is 19.1. The number of halogens is 1. The molecule has 0 aliphatic carbocycles. The number of hydrogen-bond donors (Lipinski definition) is 2. The summed E-state index contributed by atoms with van der Waals surface area (Å²) in [4.78, 5) is 11.1. The number of methoxy groups -OCH3 is 1. The summed E-state index contributed by atoms with van der Waals surface area (Å²) >= 11 is 0. The molecule has 1 aromatic rings. The van der Waals surface area contributed by atoms with Crippen molar-refractivity contribution in [2.75, 3.05) is 19.0 Å². The molecule has 0 radical (unpaired) electrons. The van der Waals surface area contributed by atoms with E-state index in [0.29, 0.717) is 12.3 Å². The maximum atomic E-state index is 13.0. The maximum absolute atomic E-state index is 13.0. The molecule has 0 aliphatic rings. The molecule has 94 valence electrons. The van der Waals surface area contributed by atoms with E-state index in [1.807, 2.05) is 0 Å². The molecule has 0 amide bonds. The lowest BCUT2D eigenvalue weighted by atomic mass is 10.0. The van der Waals surface area contributed by atoms with Gasteiger partial charge in [0, 0.05) is 18.7 Å². The summed E-state index contributed by atoms with van der Waals surface area (Å²) in [6.45, 7) is 2.08. The van der Waals surface area contributed by atoms with Crippen LogP contribution < -0.4 is 5.32 Å². The van der Waals surface area contributed by atoms with E-state index in [0.717, 1.165) is 0 Å². The quantitative estimate of drug-likeness (QED) is 0.799. The lowest BCUT2D eigenvalue weighted by molar-refractivity contribution is -0.139. The number of hydrogen-bond acceptors (Lipinski definition) is 3. The monoisotopic (exact) mass is 241 g/mol. The Kier molecular flexibility index (Phi) is 4.90. The smallest absolute Gasteiger partial charge is 0.326 e. The van der Waals surface area contributed by atoms with E-state index >= 15 is 0 Å². The van der Waals surface area contributed by atoms with Gasteiger partial charge in [-0.25, -0.2) is 9.18 Å². The lowest BCUT2D eigenvalue weighted by Gasteiger charge is -2.21. The predicted octanol–water partition coefficient (Wildman–Crippen LogP) is 1.97. The summed E-state index contributed by atoms with van der Waals surface area (Å²) in [6.07, 6.45) is 0. The number of rotatable bonds is 6. The number of carboxylic acid groups (broad SMARTS) is 1. The van der Waals surface area contributed by atoms with Gasteiger partial charge in [-0.05, 0) is 18.2 Å². The summed E-state index contributed by atoms with van der Waals surface area (Å²) in [6, 6.07) is 4.90. The molecule has 0 saturated carbocycles. The third-order valence-electron chi connectivity index (χ3n) is 2.41. The molecule has 0 aromatic heterocycles. The Morgan fingerprint density at radius 1 is 1.59 bits per heavy atom. The van der Waals surface area contributed by atoms with E-state index in [9.17, 15) is 9.18 Å². The van der Waals surface area contributed by atoms with E-state index in [1.54, 1.807) is 13.0 Å². The first-order chi connectivity index (χ1) is 8.04. The fourth-order valence-electron chi connectivity index (χ4n) is 1.56. The van der Waals surface area contributed by atoms with Gasteiger partial charge in [0.05, 0.1) is 6.61 Å². The van der Waals surface area contributed by atoms with Crippen LogP contribution in [0, 0.1) is 11.7 Å². The zero-order valence-corrected chi connectivity index (χ0v) is 9.81. The number of carbonyl (C=O) groups is 1.